The zero-order valence-corrected chi connectivity index (χ0v) is 7.72. The summed E-state index contributed by atoms with van der Waals surface area (Å²) in [6, 6.07) is 3.64. The second-order valence-corrected chi connectivity index (χ2v) is 2.81. The molecule has 0 atom stereocenters. The molecule has 1 aromatic heterocycles. The Morgan fingerprint density at radius 3 is 2.82 bits per heavy atom. The standard InChI is InChI=1S/C7H9BrN2O/c1-9-6-3-2-5(4-11)7(8)10-6/h2-3,11H,4H2,1H3,(H,9,10). The normalized spacial score (nSPS) is 9.73. The first-order valence-electron chi connectivity index (χ1n) is 3.22. The first-order valence-corrected chi connectivity index (χ1v) is 4.01. The molecule has 1 rings (SSSR count). The van der Waals surface area contributed by atoms with Gasteiger partial charge in [-0.3, -0.25) is 0 Å². The summed E-state index contributed by atoms with van der Waals surface area (Å²) in [7, 11) is 1.80. The van der Waals surface area contributed by atoms with Crippen molar-refractivity contribution in [2.24, 2.45) is 0 Å². The number of hydrogen-bond acceptors (Lipinski definition) is 3. The topological polar surface area (TPSA) is 45.1 Å². The lowest BCUT2D eigenvalue weighted by molar-refractivity contribution is 0.280. The molecular formula is C7H9BrN2O. The van der Waals surface area contributed by atoms with Crippen LogP contribution in [-0.4, -0.2) is 17.1 Å². The van der Waals surface area contributed by atoms with Crippen LogP contribution in [0.5, 0.6) is 0 Å². The Bertz CT molecular complexity index is 252. The van der Waals surface area contributed by atoms with Gasteiger partial charge in [-0.15, -0.1) is 0 Å². The molecule has 0 saturated carbocycles. The Morgan fingerprint density at radius 2 is 2.36 bits per heavy atom. The largest absolute Gasteiger partial charge is 0.392 e. The molecule has 11 heavy (non-hydrogen) atoms. The molecule has 60 valence electrons. The fourth-order valence-corrected chi connectivity index (χ4v) is 1.17. The Labute approximate surface area is 73.6 Å². The second-order valence-electron chi connectivity index (χ2n) is 2.05. The third kappa shape index (κ3) is 1.91. The van der Waals surface area contributed by atoms with Crippen LogP contribution in [0.4, 0.5) is 5.82 Å². The maximum Gasteiger partial charge on any atom is 0.127 e. The van der Waals surface area contributed by atoms with E-state index in [1.165, 1.54) is 0 Å². The minimum atomic E-state index is 0.0115. The molecule has 0 unspecified atom stereocenters. The predicted octanol–water partition coefficient (Wildman–Crippen LogP) is 1.38. The number of anilines is 1. The van der Waals surface area contributed by atoms with Gasteiger partial charge in [-0.05, 0) is 22.0 Å². The van der Waals surface area contributed by atoms with Crippen LogP contribution in [-0.2, 0) is 6.61 Å². The quantitative estimate of drug-likeness (QED) is 0.735. The predicted molar refractivity (Wildman–Crippen MR) is 47.4 cm³/mol. The van der Waals surface area contributed by atoms with E-state index >= 15 is 0 Å². The first-order chi connectivity index (χ1) is 5.27. The SMILES string of the molecule is CNc1ccc(CO)c(Br)n1. The minimum absolute atomic E-state index is 0.0115. The summed E-state index contributed by atoms with van der Waals surface area (Å²) in [4.78, 5) is 4.11. The van der Waals surface area contributed by atoms with Crippen molar-refractivity contribution >= 4 is 21.7 Å². The first kappa shape index (κ1) is 8.49. The second kappa shape index (κ2) is 3.69. The average Bonchev–Trinajstić information content (AvgIpc) is 2.04. The van der Waals surface area contributed by atoms with Gasteiger partial charge >= 0.3 is 0 Å². The molecule has 0 spiro atoms. The van der Waals surface area contributed by atoms with Gasteiger partial charge in [0.25, 0.3) is 0 Å². The molecule has 1 heterocycles. The van der Waals surface area contributed by atoms with E-state index in [0.717, 1.165) is 11.4 Å². The molecule has 2 N–H and O–H groups in total. The van der Waals surface area contributed by atoms with E-state index in [9.17, 15) is 0 Å². The van der Waals surface area contributed by atoms with Crippen molar-refractivity contribution in [1.82, 2.24) is 4.98 Å². The summed E-state index contributed by atoms with van der Waals surface area (Å²) in [6.07, 6.45) is 0. The van der Waals surface area contributed by atoms with Gasteiger partial charge in [0.15, 0.2) is 0 Å². The van der Waals surface area contributed by atoms with Crippen LogP contribution in [0.1, 0.15) is 5.56 Å². The van der Waals surface area contributed by atoms with Gasteiger partial charge in [0.05, 0.1) is 6.61 Å². The zero-order chi connectivity index (χ0) is 8.27. The summed E-state index contributed by atoms with van der Waals surface area (Å²) in [5.41, 5.74) is 0.795. The summed E-state index contributed by atoms with van der Waals surface area (Å²) < 4.78 is 0.687. The molecule has 0 aliphatic carbocycles. The third-order valence-corrected chi connectivity index (χ3v) is 2.04. The van der Waals surface area contributed by atoms with E-state index in [0.29, 0.717) is 4.60 Å². The molecule has 3 nitrogen and oxygen atoms in total. The average molecular weight is 217 g/mol. The molecule has 0 bridgehead atoms. The van der Waals surface area contributed by atoms with Gasteiger partial charge in [0.1, 0.15) is 10.4 Å². The van der Waals surface area contributed by atoms with Crippen LogP contribution in [0.15, 0.2) is 16.7 Å². The molecule has 4 heteroatoms. The Morgan fingerprint density at radius 1 is 1.64 bits per heavy atom. The van der Waals surface area contributed by atoms with Crippen molar-refractivity contribution in [3.05, 3.63) is 22.3 Å². The number of aromatic nitrogens is 1. The van der Waals surface area contributed by atoms with Crippen LogP contribution in [0.3, 0.4) is 0 Å². The zero-order valence-electron chi connectivity index (χ0n) is 6.13. The van der Waals surface area contributed by atoms with E-state index < -0.39 is 0 Å². The van der Waals surface area contributed by atoms with Gasteiger partial charge in [-0.25, -0.2) is 4.98 Å². The van der Waals surface area contributed by atoms with E-state index in [-0.39, 0.29) is 6.61 Å². The lowest BCUT2D eigenvalue weighted by atomic mass is 10.3. The van der Waals surface area contributed by atoms with E-state index in [4.69, 9.17) is 5.11 Å². The van der Waals surface area contributed by atoms with Gasteiger partial charge in [0, 0.05) is 12.6 Å². The van der Waals surface area contributed by atoms with Crippen LogP contribution < -0.4 is 5.32 Å². The number of halogens is 1. The molecule has 0 fully saturated rings. The molecule has 0 radical (unpaired) electrons. The van der Waals surface area contributed by atoms with E-state index in [1.807, 2.05) is 12.1 Å². The molecule has 0 amide bonds. The van der Waals surface area contributed by atoms with Crippen LogP contribution in [0.2, 0.25) is 0 Å². The van der Waals surface area contributed by atoms with Crippen molar-refractivity contribution < 1.29 is 5.11 Å². The minimum Gasteiger partial charge on any atom is -0.392 e. The lowest BCUT2D eigenvalue weighted by Crippen LogP contribution is -1.95. The van der Waals surface area contributed by atoms with Crippen LogP contribution in [0, 0.1) is 0 Å². The highest BCUT2D eigenvalue weighted by Crippen LogP contribution is 2.16. The highest BCUT2D eigenvalue weighted by atomic mass is 79.9. The van der Waals surface area contributed by atoms with Crippen molar-refractivity contribution in [1.29, 1.82) is 0 Å². The molecule has 0 aromatic carbocycles. The number of hydrogen-bond donors (Lipinski definition) is 2. The highest BCUT2D eigenvalue weighted by molar-refractivity contribution is 9.10. The highest BCUT2D eigenvalue weighted by Gasteiger charge is 1.99. The number of pyridine rings is 1. The van der Waals surface area contributed by atoms with Crippen molar-refractivity contribution in [3.8, 4) is 0 Å². The molecule has 1 aromatic rings. The molecule has 0 aliphatic rings. The van der Waals surface area contributed by atoms with Crippen LogP contribution >= 0.6 is 15.9 Å². The third-order valence-electron chi connectivity index (χ3n) is 1.35. The molecule has 0 aliphatic heterocycles. The summed E-state index contributed by atoms with van der Waals surface area (Å²) in [5, 5.41) is 11.7. The number of aliphatic hydroxyl groups is 1. The summed E-state index contributed by atoms with van der Waals surface area (Å²) in [6.45, 7) is 0.0115. The van der Waals surface area contributed by atoms with Gasteiger partial charge in [0.2, 0.25) is 0 Å². The Kier molecular flexibility index (Phi) is 2.84. The fraction of sp³-hybridized carbons (Fsp3) is 0.286. The number of nitrogens with zero attached hydrogens (tertiary/aromatic N) is 1. The molecular weight excluding hydrogens is 208 g/mol. The maximum atomic E-state index is 8.79. The number of nitrogens with one attached hydrogen (secondary N) is 1. The number of aliphatic hydroxyl groups excluding tert-OH is 1. The Balaban J connectivity index is 2.99. The number of rotatable bonds is 2. The molecule has 0 saturated heterocycles. The maximum absolute atomic E-state index is 8.79. The monoisotopic (exact) mass is 216 g/mol. The van der Waals surface area contributed by atoms with Gasteiger partial charge in [-0.2, -0.15) is 0 Å². The fourth-order valence-electron chi connectivity index (χ4n) is 0.720. The Hall–Kier alpha value is -0.610. The smallest absolute Gasteiger partial charge is 0.127 e. The van der Waals surface area contributed by atoms with Crippen molar-refractivity contribution in [2.45, 2.75) is 6.61 Å². The van der Waals surface area contributed by atoms with Crippen LogP contribution in [0.25, 0.3) is 0 Å². The van der Waals surface area contributed by atoms with E-state index in [2.05, 4.69) is 26.2 Å². The lowest BCUT2D eigenvalue weighted by Gasteiger charge is -2.02. The van der Waals surface area contributed by atoms with E-state index in [1.54, 1.807) is 7.05 Å². The summed E-state index contributed by atoms with van der Waals surface area (Å²) >= 11 is 3.24. The van der Waals surface area contributed by atoms with Crippen molar-refractivity contribution in [2.75, 3.05) is 12.4 Å². The summed E-state index contributed by atoms with van der Waals surface area (Å²) in [5.74, 6) is 0.786. The van der Waals surface area contributed by atoms with Gasteiger partial charge in [-0.1, -0.05) is 6.07 Å². The van der Waals surface area contributed by atoms with Gasteiger partial charge < -0.3 is 10.4 Å². The van der Waals surface area contributed by atoms with Crippen molar-refractivity contribution in [3.63, 3.8) is 0 Å².